The van der Waals surface area contributed by atoms with Crippen LogP contribution in [0, 0.1) is 11.8 Å². The maximum Gasteiger partial charge on any atom is 0.247 e. The zero-order valence-corrected chi connectivity index (χ0v) is 15.9. The van der Waals surface area contributed by atoms with Gasteiger partial charge in [0.2, 0.25) is 15.9 Å². The second kappa shape index (κ2) is 7.03. The highest BCUT2D eigenvalue weighted by Crippen LogP contribution is 2.36. The monoisotopic (exact) mass is 382 g/mol. The van der Waals surface area contributed by atoms with Crippen molar-refractivity contribution < 1.29 is 18.4 Å². The Morgan fingerprint density at radius 1 is 1.36 bits per heavy atom. The van der Waals surface area contributed by atoms with Crippen LogP contribution in [-0.4, -0.2) is 36.1 Å². The van der Waals surface area contributed by atoms with Crippen molar-refractivity contribution in [1.29, 1.82) is 0 Å². The predicted octanol–water partition coefficient (Wildman–Crippen LogP) is 2.37. The van der Waals surface area contributed by atoms with E-state index in [9.17, 15) is 13.2 Å². The summed E-state index contributed by atoms with van der Waals surface area (Å²) in [6.07, 6.45) is 0.678. The number of carbonyl (C=O) groups excluding carboxylic acids is 1. The average Bonchev–Trinajstić information content (AvgIpc) is 2.96. The van der Waals surface area contributed by atoms with Gasteiger partial charge in [-0.2, -0.15) is 4.31 Å². The van der Waals surface area contributed by atoms with Crippen molar-refractivity contribution >= 4 is 37.4 Å². The zero-order chi connectivity index (χ0) is 18.2. The molecule has 2 heterocycles. The van der Waals surface area contributed by atoms with Crippen molar-refractivity contribution in [2.24, 2.45) is 11.8 Å². The molecule has 0 fully saturated rings. The van der Waals surface area contributed by atoms with Crippen LogP contribution in [-0.2, 0) is 27.8 Å². The smallest absolute Gasteiger partial charge is 0.247 e. The fourth-order valence-corrected chi connectivity index (χ4v) is 6.50. The van der Waals surface area contributed by atoms with E-state index in [0.29, 0.717) is 19.5 Å². The minimum atomic E-state index is -3.59. The summed E-state index contributed by atoms with van der Waals surface area (Å²) in [7, 11) is -3.59. The molecule has 8 heteroatoms. The quantitative estimate of drug-likeness (QED) is 0.614. The number of sulfonamides is 1. The van der Waals surface area contributed by atoms with E-state index in [0.717, 1.165) is 4.88 Å². The molecular formula is C17H22N2O4S2. The first-order chi connectivity index (χ1) is 11.8. The van der Waals surface area contributed by atoms with E-state index in [2.05, 4.69) is 12.1 Å². The minimum absolute atomic E-state index is 0.188. The summed E-state index contributed by atoms with van der Waals surface area (Å²) in [5, 5.41) is 10.1. The molecule has 25 heavy (non-hydrogen) atoms. The SMILES string of the molecule is CC(C)C(CS(=O)(=O)N1CCc2c(sc3ccccc23)C1)C(=O)NO. The van der Waals surface area contributed by atoms with Crippen LogP contribution in [0.4, 0.5) is 0 Å². The number of hydrogen-bond acceptors (Lipinski definition) is 5. The third-order valence-corrected chi connectivity index (χ3v) is 7.82. The first kappa shape index (κ1) is 18.3. The first-order valence-electron chi connectivity index (χ1n) is 8.24. The zero-order valence-electron chi connectivity index (χ0n) is 14.2. The molecule has 136 valence electrons. The van der Waals surface area contributed by atoms with Crippen molar-refractivity contribution in [3.8, 4) is 0 Å². The Morgan fingerprint density at radius 3 is 2.76 bits per heavy atom. The lowest BCUT2D eigenvalue weighted by molar-refractivity contribution is -0.134. The van der Waals surface area contributed by atoms with E-state index in [1.807, 2.05) is 12.1 Å². The molecule has 1 aliphatic rings. The number of nitrogens with one attached hydrogen (secondary N) is 1. The first-order valence-corrected chi connectivity index (χ1v) is 10.7. The van der Waals surface area contributed by atoms with E-state index in [-0.39, 0.29) is 11.7 Å². The van der Waals surface area contributed by atoms with Crippen LogP contribution in [0.1, 0.15) is 24.3 Å². The predicted molar refractivity (Wildman–Crippen MR) is 98.0 cm³/mol. The molecule has 0 saturated heterocycles. The molecular weight excluding hydrogens is 360 g/mol. The number of nitrogens with zero attached hydrogens (tertiary/aromatic N) is 1. The number of amides is 1. The highest BCUT2D eigenvalue weighted by atomic mass is 32.2. The standard InChI is InChI=1S/C17H22N2O4S2/c1-11(2)14(17(20)18-21)10-25(22,23)19-8-7-13-12-5-3-4-6-15(12)24-16(13)9-19/h3-6,11,14,21H,7-10H2,1-2H3,(H,18,20). The number of hydrogen-bond donors (Lipinski definition) is 2. The van der Waals surface area contributed by atoms with E-state index in [1.165, 1.54) is 20.0 Å². The number of benzene rings is 1. The fourth-order valence-electron chi connectivity index (χ4n) is 3.25. The molecule has 1 amide bonds. The Balaban J connectivity index is 1.83. The molecule has 0 saturated carbocycles. The highest BCUT2D eigenvalue weighted by molar-refractivity contribution is 7.89. The molecule has 1 aromatic heterocycles. The van der Waals surface area contributed by atoms with Crippen LogP contribution in [0.3, 0.4) is 0 Å². The van der Waals surface area contributed by atoms with E-state index in [4.69, 9.17) is 5.21 Å². The van der Waals surface area contributed by atoms with Crippen molar-refractivity contribution in [3.63, 3.8) is 0 Å². The van der Waals surface area contributed by atoms with Gasteiger partial charge in [-0.1, -0.05) is 32.0 Å². The molecule has 0 bridgehead atoms. The van der Waals surface area contributed by atoms with Gasteiger partial charge in [-0.3, -0.25) is 10.0 Å². The van der Waals surface area contributed by atoms with Crippen LogP contribution < -0.4 is 5.48 Å². The van der Waals surface area contributed by atoms with Crippen LogP contribution in [0.15, 0.2) is 24.3 Å². The summed E-state index contributed by atoms with van der Waals surface area (Å²) in [6, 6.07) is 8.12. The summed E-state index contributed by atoms with van der Waals surface area (Å²) < 4.78 is 28.3. The molecule has 0 spiro atoms. The van der Waals surface area contributed by atoms with Gasteiger partial charge in [0, 0.05) is 22.7 Å². The third-order valence-electron chi connectivity index (χ3n) is 4.75. The second-order valence-corrected chi connectivity index (χ2v) is 9.84. The van der Waals surface area contributed by atoms with Crippen molar-refractivity contribution in [1.82, 2.24) is 9.79 Å². The maximum absolute atomic E-state index is 12.8. The van der Waals surface area contributed by atoms with Crippen molar-refractivity contribution in [2.45, 2.75) is 26.8 Å². The van der Waals surface area contributed by atoms with Gasteiger partial charge in [-0.25, -0.2) is 13.9 Å². The Morgan fingerprint density at radius 2 is 2.08 bits per heavy atom. The van der Waals surface area contributed by atoms with Crippen LogP contribution in [0.5, 0.6) is 0 Å². The van der Waals surface area contributed by atoms with Gasteiger partial charge >= 0.3 is 0 Å². The van der Waals surface area contributed by atoms with Gasteiger partial charge < -0.3 is 0 Å². The number of fused-ring (bicyclic) bond motifs is 3. The topological polar surface area (TPSA) is 86.7 Å². The van der Waals surface area contributed by atoms with Crippen LogP contribution >= 0.6 is 11.3 Å². The molecule has 2 aromatic rings. The molecule has 3 rings (SSSR count). The summed E-state index contributed by atoms with van der Waals surface area (Å²) in [5.74, 6) is -1.92. The summed E-state index contributed by atoms with van der Waals surface area (Å²) >= 11 is 1.63. The summed E-state index contributed by atoms with van der Waals surface area (Å²) in [5.41, 5.74) is 2.82. The second-order valence-electron chi connectivity index (χ2n) is 6.69. The number of hydroxylamine groups is 1. The lowest BCUT2D eigenvalue weighted by atomic mass is 9.97. The lowest BCUT2D eigenvalue weighted by Gasteiger charge is -2.28. The third kappa shape index (κ3) is 3.57. The van der Waals surface area contributed by atoms with Gasteiger partial charge in [-0.05, 0) is 29.4 Å². The Labute approximate surface area is 151 Å². The molecule has 0 aliphatic carbocycles. The summed E-state index contributed by atoms with van der Waals surface area (Å²) in [4.78, 5) is 12.9. The lowest BCUT2D eigenvalue weighted by Crippen LogP contribution is -2.43. The van der Waals surface area contributed by atoms with Crippen molar-refractivity contribution in [2.75, 3.05) is 12.3 Å². The van der Waals surface area contributed by atoms with Gasteiger partial charge in [0.1, 0.15) is 0 Å². The molecule has 1 aromatic carbocycles. The Bertz CT molecular complexity index is 889. The fraction of sp³-hybridized carbons (Fsp3) is 0.471. The van der Waals surface area contributed by atoms with Crippen LogP contribution in [0.2, 0.25) is 0 Å². The minimum Gasteiger partial charge on any atom is -0.289 e. The number of carbonyl (C=O) groups is 1. The van der Waals surface area contributed by atoms with Gasteiger partial charge in [0.25, 0.3) is 0 Å². The molecule has 2 N–H and O–H groups in total. The molecule has 6 nitrogen and oxygen atoms in total. The van der Waals surface area contributed by atoms with E-state index >= 15 is 0 Å². The van der Waals surface area contributed by atoms with Crippen molar-refractivity contribution in [3.05, 3.63) is 34.7 Å². The van der Waals surface area contributed by atoms with E-state index in [1.54, 1.807) is 30.7 Å². The number of thiophene rings is 1. The van der Waals surface area contributed by atoms with Gasteiger partial charge in [0.15, 0.2) is 0 Å². The molecule has 0 radical (unpaired) electrons. The molecule has 1 unspecified atom stereocenters. The van der Waals surface area contributed by atoms with E-state index < -0.39 is 21.8 Å². The normalized spacial score (nSPS) is 16.8. The highest BCUT2D eigenvalue weighted by Gasteiger charge is 2.34. The Kier molecular flexibility index (Phi) is 5.15. The number of rotatable bonds is 5. The van der Waals surface area contributed by atoms with Gasteiger partial charge in [-0.15, -0.1) is 11.3 Å². The largest absolute Gasteiger partial charge is 0.289 e. The summed E-state index contributed by atoms with van der Waals surface area (Å²) in [6.45, 7) is 4.32. The maximum atomic E-state index is 12.8. The van der Waals surface area contributed by atoms with Crippen LogP contribution in [0.25, 0.3) is 10.1 Å². The average molecular weight is 383 g/mol. The Hall–Kier alpha value is -1.48. The molecule has 1 atom stereocenters. The van der Waals surface area contributed by atoms with Gasteiger partial charge in [0.05, 0.1) is 11.7 Å². The molecule has 1 aliphatic heterocycles.